The Hall–Kier alpha value is 0.519. The average Bonchev–Trinajstić information content (AvgIpc) is 2.44. The minimum Gasteiger partial charge on any atom is -0.185 e. The summed E-state index contributed by atoms with van der Waals surface area (Å²) in [6.07, 6.45) is 1.16. The Morgan fingerprint density at radius 1 is 1.69 bits per heavy atom. The molecule has 1 aromatic carbocycles. The van der Waals surface area contributed by atoms with Gasteiger partial charge in [-0.1, -0.05) is 13.2 Å². The van der Waals surface area contributed by atoms with Gasteiger partial charge in [0.25, 0.3) is 0 Å². The van der Waals surface area contributed by atoms with Crippen LogP contribution in [0.4, 0.5) is 0 Å². The maximum absolute atomic E-state index is 5.57. The molecule has 0 bridgehead atoms. The van der Waals surface area contributed by atoms with Crippen LogP contribution in [-0.4, -0.2) is 21.4 Å². The summed E-state index contributed by atoms with van der Waals surface area (Å²) >= 11 is 0. The first-order valence-electron chi connectivity index (χ1n) is 4.38. The monoisotopic (exact) mass is 239 g/mol. The SMILES string of the molecule is [B][B]B1CC(C)c2cc[c-]cc21.[Y]. The van der Waals surface area contributed by atoms with E-state index >= 15 is 0 Å². The first kappa shape index (κ1) is 11.6. The van der Waals surface area contributed by atoms with Crippen LogP contribution in [0.3, 0.4) is 0 Å². The molecule has 1 aromatic rings. The molecule has 58 valence electrons. The molecular formula is C9H9B3Y-. The van der Waals surface area contributed by atoms with Gasteiger partial charge in [0.2, 0.25) is 0 Å². The number of hydrogen-bond acceptors (Lipinski definition) is 0. The molecule has 1 aliphatic heterocycles. The zero-order valence-electron chi connectivity index (χ0n) is 7.83. The Labute approximate surface area is 108 Å². The minimum absolute atomic E-state index is 0. The first-order valence-corrected chi connectivity index (χ1v) is 4.38. The summed E-state index contributed by atoms with van der Waals surface area (Å²) in [5.74, 6) is 0.652. The van der Waals surface area contributed by atoms with Gasteiger partial charge < -0.3 is 0 Å². The summed E-state index contributed by atoms with van der Waals surface area (Å²) < 4.78 is 0. The van der Waals surface area contributed by atoms with Crippen LogP contribution in [0.15, 0.2) is 18.2 Å². The van der Waals surface area contributed by atoms with Crippen LogP contribution < -0.4 is 5.46 Å². The molecule has 0 aromatic heterocycles. The summed E-state index contributed by atoms with van der Waals surface area (Å²) in [5, 5.41) is 0. The predicted octanol–water partition coefficient (Wildman–Crippen LogP) is 0.588. The number of fused-ring (bicyclic) bond motifs is 1. The summed E-state index contributed by atoms with van der Waals surface area (Å²) in [6.45, 7) is 2.70. The van der Waals surface area contributed by atoms with Crippen molar-refractivity contribution >= 4 is 26.9 Å². The number of benzene rings is 1. The quantitative estimate of drug-likeness (QED) is 0.496. The van der Waals surface area contributed by atoms with Crippen molar-refractivity contribution in [3.05, 3.63) is 29.8 Å². The van der Waals surface area contributed by atoms with Crippen LogP contribution in [0.2, 0.25) is 6.32 Å². The molecule has 4 radical (unpaired) electrons. The van der Waals surface area contributed by atoms with Gasteiger partial charge in [-0.25, -0.2) is 0 Å². The van der Waals surface area contributed by atoms with Gasteiger partial charge in [-0.3, -0.25) is 0 Å². The van der Waals surface area contributed by atoms with Crippen molar-refractivity contribution in [2.24, 2.45) is 0 Å². The Morgan fingerprint density at radius 2 is 2.46 bits per heavy atom. The molecular weight excluding hydrogens is 229 g/mol. The zero-order chi connectivity index (χ0) is 8.55. The van der Waals surface area contributed by atoms with E-state index in [0.29, 0.717) is 12.5 Å². The van der Waals surface area contributed by atoms with Crippen LogP contribution in [0, 0.1) is 6.07 Å². The molecule has 1 heterocycles. The average molecular weight is 239 g/mol. The third-order valence-corrected chi connectivity index (χ3v) is 2.70. The Balaban J connectivity index is 0.000000845. The molecule has 0 fully saturated rings. The molecule has 0 nitrogen and oxygen atoms in total. The van der Waals surface area contributed by atoms with Crippen LogP contribution in [-0.2, 0) is 32.7 Å². The van der Waals surface area contributed by atoms with Crippen molar-refractivity contribution in [3.63, 3.8) is 0 Å². The Kier molecular flexibility index (Phi) is 4.32. The third-order valence-electron chi connectivity index (χ3n) is 2.70. The first-order chi connectivity index (χ1) is 5.83. The molecule has 1 atom stereocenters. The van der Waals surface area contributed by atoms with Gasteiger partial charge in [-0.15, -0.1) is 0 Å². The van der Waals surface area contributed by atoms with Crippen LogP contribution in [0.5, 0.6) is 0 Å². The van der Waals surface area contributed by atoms with E-state index in [1.165, 1.54) is 11.0 Å². The predicted molar refractivity (Wildman–Crippen MR) is 55.4 cm³/mol. The van der Waals surface area contributed by atoms with Crippen molar-refractivity contribution in [1.82, 2.24) is 0 Å². The van der Waals surface area contributed by atoms with Crippen molar-refractivity contribution in [2.75, 3.05) is 0 Å². The molecule has 0 amide bonds. The maximum atomic E-state index is 5.57. The van der Waals surface area contributed by atoms with Gasteiger partial charge in [0.15, 0.2) is 0 Å². The topological polar surface area (TPSA) is 0 Å². The normalized spacial score (nSPS) is 19.2. The molecule has 0 aliphatic carbocycles. The van der Waals surface area contributed by atoms with Gasteiger partial charge in [0.1, 0.15) is 0 Å². The fourth-order valence-corrected chi connectivity index (χ4v) is 2.04. The van der Waals surface area contributed by atoms with E-state index in [4.69, 9.17) is 7.74 Å². The van der Waals surface area contributed by atoms with Crippen molar-refractivity contribution in [3.8, 4) is 0 Å². The molecule has 4 heteroatoms. The summed E-state index contributed by atoms with van der Waals surface area (Å²) in [6, 6.07) is 9.30. The zero-order valence-corrected chi connectivity index (χ0v) is 10.7. The van der Waals surface area contributed by atoms with E-state index < -0.39 is 0 Å². The molecule has 0 saturated heterocycles. The van der Waals surface area contributed by atoms with Gasteiger partial charge in [-0.2, -0.15) is 35.3 Å². The fourth-order valence-electron chi connectivity index (χ4n) is 2.04. The number of rotatable bonds is 1. The molecule has 13 heavy (non-hydrogen) atoms. The van der Waals surface area contributed by atoms with E-state index in [0.717, 1.165) is 6.32 Å². The Bertz CT molecular complexity index is 290. The Morgan fingerprint density at radius 3 is 3.15 bits per heavy atom. The second-order valence-corrected chi connectivity index (χ2v) is 3.49. The van der Waals surface area contributed by atoms with Crippen molar-refractivity contribution in [2.45, 2.75) is 19.2 Å². The fraction of sp³-hybridized carbons (Fsp3) is 0.333. The number of hydrogen-bond donors (Lipinski definition) is 0. The standard InChI is InChI=1S/C9H9B3.Y/c1-7-6-12(11-10)9-5-3-2-4-8(7)9;/h2,4-5,7H,6H2,1H3;/q-1;. The van der Waals surface area contributed by atoms with Crippen LogP contribution in [0.1, 0.15) is 18.4 Å². The molecule has 0 saturated carbocycles. The summed E-state index contributed by atoms with van der Waals surface area (Å²) in [4.78, 5) is 0. The maximum Gasteiger partial charge on any atom is 0.0592 e. The summed E-state index contributed by atoms with van der Waals surface area (Å²) in [5.41, 5.74) is 2.81. The van der Waals surface area contributed by atoms with Gasteiger partial charge in [-0.05, 0) is 5.92 Å². The van der Waals surface area contributed by atoms with E-state index in [9.17, 15) is 0 Å². The minimum atomic E-state index is 0. The van der Waals surface area contributed by atoms with E-state index in [2.05, 4.69) is 25.1 Å². The molecule has 0 spiro atoms. The largest absolute Gasteiger partial charge is 0.185 e. The molecule has 0 N–H and O–H groups in total. The van der Waals surface area contributed by atoms with Crippen molar-refractivity contribution < 1.29 is 32.7 Å². The second-order valence-electron chi connectivity index (χ2n) is 3.49. The second kappa shape index (κ2) is 4.84. The molecule has 1 aliphatic rings. The smallest absolute Gasteiger partial charge is 0.0592 e. The van der Waals surface area contributed by atoms with E-state index in [1.54, 1.807) is 7.06 Å². The van der Waals surface area contributed by atoms with Crippen molar-refractivity contribution in [1.29, 1.82) is 0 Å². The van der Waals surface area contributed by atoms with Crippen LogP contribution in [0.25, 0.3) is 0 Å². The van der Waals surface area contributed by atoms with E-state index in [-0.39, 0.29) is 32.7 Å². The van der Waals surface area contributed by atoms with Crippen LogP contribution >= 0.6 is 0 Å². The van der Waals surface area contributed by atoms with Gasteiger partial charge >= 0.3 is 0 Å². The molecule has 1 unspecified atom stereocenters. The van der Waals surface area contributed by atoms with E-state index in [1.807, 2.05) is 6.07 Å². The van der Waals surface area contributed by atoms with Gasteiger partial charge in [0, 0.05) is 47.5 Å². The molecule has 2 rings (SSSR count). The van der Waals surface area contributed by atoms with Gasteiger partial charge in [0.05, 0.1) is 6.60 Å². The summed E-state index contributed by atoms with van der Waals surface area (Å²) in [7, 11) is 7.37. The third kappa shape index (κ3) is 2.13.